The molecule has 17 heavy (non-hydrogen) atoms. The Hall–Kier alpha value is -1.02. The topological polar surface area (TPSA) is 21.3 Å². The third-order valence-corrected chi connectivity index (χ3v) is 3.66. The first-order valence-corrected chi connectivity index (χ1v) is 6.41. The van der Waals surface area contributed by atoms with Crippen LogP contribution in [0.25, 0.3) is 0 Å². The van der Waals surface area contributed by atoms with Crippen molar-refractivity contribution in [2.45, 2.75) is 27.2 Å². The zero-order valence-electron chi connectivity index (χ0n) is 11.5. The molecular formula is C15H25NO. The van der Waals surface area contributed by atoms with E-state index in [-0.39, 0.29) is 0 Å². The maximum atomic E-state index is 5.77. The summed E-state index contributed by atoms with van der Waals surface area (Å²) in [7, 11) is 2.01. The Balaban J connectivity index is 2.43. The fraction of sp³-hybridized carbons (Fsp3) is 0.600. The SMILES string of the molecule is CNCC(C)(CCOc1ccccc1)C(C)C. The lowest BCUT2D eigenvalue weighted by atomic mass is 9.76. The summed E-state index contributed by atoms with van der Waals surface area (Å²) in [5.41, 5.74) is 0.295. The number of para-hydroxylation sites is 1. The van der Waals surface area contributed by atoms with Gasteiger partial charge in [0.2, 0.25) is 0 Å². The summed E-state index contributed by atoms with van der Waals surface area (Å²) in [6, 6.07) is 10.0. The molecule has 1 aromatic carbocycles. The summed E-state index contributed by atoms with van der Waals surface area (Å²) < 4.78 is 5.77. The van der Waals surface area contributed by atoms with Crippen LogP contribution in [0.1, 0.15) is 27.2 Å². The van der Waals surface area contributed by atoms with E-state index in [0.29, 0.717) is 11.3 Å². The average molecular weight is 235 g/mol. The van der Waals surface area contributed by atoms with Gasteiger partial charge >= 0.3 is 0 Å². The van der Waals surface area contributed by atoms with Crippen molar-refractivity contribution in [2.24, 2.45) is 11.3 Å². The van der Waals surface area contributed by atoms with Gasteiger partial charge in [-0.25, -0.2) is 0 Å². The van der Waals surface area contributed by atoms with Crippen LogP contribution in [0.3, 0.4) is 0 Å². The molecule has 0 saturated carbocycles. The molecule has 0 aromatic heterocycles. The fourth-order valence-corrected chi connectivity index (χ4v) is 1.90. The third kappa shape index (κ3) is 4.39. The molecule has 0 heterocycles. The van der Waals surface area contributed by atoms with Crippen molar-refractivity contribution in [1.82, 2.24) is 5.32 Å². The van der Waals surface area contributed by atoms with Crippen LogP contribution in [0, 0.1) is 11.3 Å². The van der Waals surface area contributed by atoms with Crippen LogP contribution in [-0.4, -0.2) is 20.2 Å². The molecule has 0 aliphatic heterocycles. The van der Waals surface area contributed by atoms with Crippen LogP contribution in [0.5, 0.6) is 5.75 Å². The molecule has 0 amide bonds. The molecule has 2 heteroatoms. The van der Waals surface area contributed by atoms with Gasteiger partial charge in [-0.05, 0) is 36.9 Å². The smallest absolute Gasteiger partial charge is 0.119 e. The number of hydrogen-bond donors (Lipinski definition) is 1. The van der Waals surface area contributed by atoms with Gasteiger partial charge in [0.05, 0.1) is 6.61 Å². The number of rotatable bonds is 7. The number of nitrogens with one attached hydrogen (secondary N) is 1. The molecule has 1 aromatic rings. The van der Waals surface area contributed by atoms with Crippen molar-refractivity contribution < 1.29 is 4.74 Å². The van der Waals surface area contributed by atoms with E-state index >= 15 is 0 Å². The lowest BCUT2D eigenvalue weighted by Crippen LogP contribution is -2.35. The molecule has 0 bridgehead atoms. The number of ether oxygens (including phenoxy) is 1. The Kier molecular flexibility index (Phi) is 5.49. The van der Waals surface area contributed by atoms with E-state index in [9.17, 15) is 0 Å². The second kappa shape index (κ2) is 6.65. The van der Waals surface area contributed by atoms with E-state index in [4.69, 9.17) is 4.74 Å². The van der Waals surface area contributed by atoms with Crippen molar-refractivity contribution in [3.05, 3.63) is 30.3 Å². The summed E-state index contributed by atoms with van der Waals surface area (Å²) in [5, 5.41) is 3.28. The maximum Gasteiger partial charge on any atom is 0.119 e. The molecule has 1 rings (SSSR count). The zero-order chi connectivity index (χ0) is 12.7. The molecular weight excluding hydrogens is 210 g/mol. The Labute approximate surface area is 105 Å². The van der Waals surface area contributed by atoms with Gasteiger partial charge in [-0.15, -0.1) is 0 Å². The van der Waals surface area contributed by atoms with Gasteiger partial charge in [0.1, 0.15) is 5.75 Å². The molecule has 0 aliphatic rings. The molecule has 2 nitrogen and oxygen atoms in total. The summed E-state index contributed by atoms with van der Waals surface area (Å²) in [4.78, 5) is 0. The highest BCUT2D eigenvalue weighted by Gasteiger charge is 2.27. The van der Waals surface area contributed by atoms with Crippen molar-refractivity contribution in [3.63, 3.8) is 0 Å². The van der Waals surface area contributed by atoms with E-state index < -0.39 is 0 Å². The third-order valence-electron chi connectivity index (χ3n) is 3.66. The molecule has 0 radical (unpaired) electrons. The quantitative estimate of drug-likeness (QED) is 0.782. The maximum absolute atomic E-state index is 5.77. The Morgan fingerprint density at radius 3 is 2.41 bits per heavy atom. The summed E-state index contributed by atoms with van der Waals surface area (Å²) in [5.74, 6) is 1.61. The van der Waals surface area contributed by atoms with E-state index in [0.717, 1.165) is 25.3 Å². The lowest BCUT2D eigenvalue weighted by Gasteiger charge is -2.33. The van der Waals surface area contributed by atoms with Crippen LogP contribution < -0.4 is 10.1 Å². The minimum atomic E-state index is 0.295. The summed E-state index contributed by atoms with van der Waals surface area (Å²) in [6.45, 7) is 8.69. The van der Waals surface area contributed by atoms with Crippen LogP contribution in [0.4, 0.5) is 0 Å². The zero-order valence-corrected chi connectivity index (χ0v) is 11.5. The molecule has 0 fully saturated rings. The molecule has 0 aliphatic carbocycles. The highest BCUT2D eigenvalue weighted by Crippen LogP contribution is 2.30. The summed E-state index contributed by atoms with van der Waals surface area (Å²) >= 11 is 0. The van der Waals surface area contributed by atoms with Gasteiger partial charge in [-0.3, -0.25) is 0 Å². The first-order valence-electron chi connectivity index (χ1n) is 6.41. The van der Waals surface area contributed by atoms with Crippen molar-refractivity contribution in [3.8, 4) is 5.75 Å². The van der Waals surface area contributed by atoms with Gasteiger partial charge in [-0.1, -0.05) is 39.0 Å². The van der Waals surface area contributed by atoms with Gasteiger partial charge < -0.3 is 10.1 Å². The monoisotopic (exact) mass is 235 g/mol. The second-order valence-corrected chi connectivity index (χ2v) is 5.25. The minimum Gasteiger partial charge on any atom is -0.494 e. The normalized spacial score (nSPS) is 14.6. The second-order valence-electron chi connectivity index (χ2n) is 5.25. The van der Waals surface area contributed by atoms with Crippen LogP contribution in [0.15, 0.2) is 30.3 Å². The van der Waals surface area contributed by atoms with Gasteiger partial charge in [-0.2, -0.15) is 0 Å². The number of hydrogen-bond acceptors (Lipinski definition) is 2. The Morgan fingerprint density at radius 2 is 1.88 bits per heavy atom. The highest BCUT2D eigenvalue weighted by atomic mass is 16.5. The molecule has 96 valence electrons. The van der Waals surface area contributed by atoms with Gasteiger partial charge in [0.25, 0.3) is 0 Å². The summed E-state index contributed by atoms with van der Waals surface area (Å²) in [6.07, 6.45) is 1.07. The van der Waals surface area contributed by atoms with Crippen molar-refractivity contribution >= 4 is 0 Å². The first kappa shape index (κ1) is 14.0. The van der Waals surface area contributed by atoms with E-state index in [1.165, 1.54) is 0 Å². The van der Waals surface area contributed by atoms with Gasteiger partial charge in [0, 0.05) is 6.54 Å². The lowest BCUT2D eigenvalue weighted by molar-refractivity contribution is 0.153. The number of benzene rings is 1. The van der Waals surface area contributed by atoms with E-state index in [2.05, 4.69) is 26.1 Å². The average Bonchev–Trinajstić information content (AvgIpc) is 2.30. The molecule has 0 saturated heterocycles. The van der Waals surface area contributed by atoms with Crippen molar-refractivity contribution in [1.29, 1.82) is 0 Å². The minimum absolute atomic E-state index is 0.295. The predicted octanol–water partition coefficient (Wildman–Crippen LogP) is 3.34. The largest absolute Gasteiger partial charge is 0.494 e. The highest BCUT2D eigenvalue weighted by molar-refractivity contribution is 5.20. The Morgan fingerprint density at radius 1 is 1.24 bits per heavy atom. The van der Waals surface area contributed by atoms with Crippen LogP contribution in [0.2, 0.25) is 0 Å². The predicted molar refractivity (Wildman–Crippen MR) is 73.4 cm³/mol. The van der Waals surface area contributed by atoms with E-state index in [1.54, 1.807) is 0 Å². The van der Waals surface area contributed by atoms with Crippen LogP contribution in [-0.2, 0) is 0 Å². The van der Waals surface area contributed by atoms with Crippen LogP contribution >= 0.6 is 0 Å². The Bertz CT molecular complexity index is 310. The molecule has 1 atom stereocenters. The van der Waals surface area contributed by atoms with E-state index in [1.807, 2.05) is 37.4 Å². The van der Waals surface area contributed by atoms with Crippen molar-refractivity contribution in [2.75, 3.05) is 20.2 Å². The molecule has 1 N–H and O–H groups in total. The van der Waals surface area contributed by atoms with Gasteiger partial charge in [0.15, 0.2) is 0 Å². The molecule has 1 unspecified atom stereocenters. The standard InChI is InChI=1S/C15H25NO/c1-13(2)15(3,12-16-4)10-11-17-14-8-6-5-7-9-14/h5-9,13,16H,10-12H2,1-4H3. The first-order chi connectivity index (χ1) is 8.08. The fourth-order valence-electron chi connectivity index (χ4n) is 1.90. The molecule has 0 spiro atoms.